The monoisotopic (exact) mass is 259 g/mol. The van der Waals surface area contributed by atoms with Crippen molar-refractivity contribution >= 4 is 17.7 Å². The first-order valence-electron chi connectivity index (χ1n) is 4.76. The van der Waals surface area contributed by atoms with Gasteiger partial charge in [-0.2, -0.15) is 9.97 Å². The van der Waals surface area contributed by atoms with Gasteiger partial charge in [0.05, 0.1) is 20.1 Å². The number of hydrogen-bond donors (Lipinski definition) is 1. The molecule has 8 heteroatoms. The number of hydrogen-bond acceptors (Lipinski definition) is 7. The summed E-state index contributed by atoms with van der Waals surface area (Å²) in [7, 11) is 2.87. The highest BCUT2D eigenvalue weighted by Gasteiger charge is 2.14. The molecule has 7 nitrogen and oxygen atoms in total. The van der Waals surface area contributed by atoms with Gasteiger partial charge in [-0.15, -0.1) is 4.98 Å². The summed E-state index contributed by atoms with van der Waals surface area (Å²) in [6.45, 7) is 1.62. The van der Waals surface area contributed by atoms with E-state index in [9.17, 15) is 4.79 Å². The molecule has 0 aliphatic heterocycles. The van der Waals surface area contributed by atoms with Crippen LogP contribution in [0.3, 0.4) is 0 Å². The van der Waals surface area contributed by atoms with E-state index in [2.05, 4.69) is 15.0 Å². The minimum Gasteiger partial charge on any atom is -0.481 e. The molecule has 1 rings (SSSR count). The van der Waals surface area contributed by atoms with Gasteiger partial charge in [0, 0.05) is 5.75 Å². The summed E-state index contributed by atoms with van der Waals surface area (Å²) in [5, 5.41) is 9.12. The highest BCUT2D eigenvalue weighted by Crippen LogP contribution is 2.20. The molecular weight excluding hydrogens is 246 g/mol. The summed E-state index contributed by atoms with van der Waals surface area (Å²) in [4.78, 5) is 22.4. The topological polar surface area (TPSA) is 94.4 Å². The van der Waals surface area contributed by atoms with E-state index in [0.29, 0.717) is 10.9 Å². The summed E-state index contributed by atoms with van der Waals surface area (Å²) in [5.41, 5.74) is 0. The van der Waals surface area contributed by atoms with Gasteiger partial charge in [-0.05, 0) is 0 Å². The Bertz CT molecular complexity index is 380. The number of carboxylic acids is 1. The first-order chi connectivity index (χ1) is 8.06. The lowest BCUT2D eigenvalue weighted by atomic mass is 10.2. The van der Waals surface area contributed by atoms with Crippen LogP contribution < -0.4 is 9.47 Å². The summed E-state index contributed by atoms with van der Waals surface area (Å²) >= 11 is 1.21. The number of carbonyl (C=O) groups is 1. The number of carboxylic acid groups (broad SMARTS) is 1. The van der Waals surface area contributed by atoms with Gasteiger partial charge in [-0.3, -0.25) is 4.79 Å². The first-order valence-corrected chi connectivity index (χ1v) is 5.75. The molecule has 0 aliphatic carbocycles. The van der Waals surface area contributed by atoms with Crippen LogP contribution in [-0.2, 0) is 4.79 Å². The van der Waals surface area contributed by atoms with Gasteiger partial charge in [0.2, 0.25) is 0 Å². The molecule has 0 fully saturated rings. The highest BCUT2D eigenvalue weighted by molar-refractivity contribution is 7.99. The Labute approximate surface area is 103 Å². The minimum atomic E-state index is -0.856. The van der Waals surface area contributed by atoms with E-state index >= 15 is 0 Å². The van der Waals surface area contributed by atoms with Crippen LogP contribution in [0.2, 0.25) is 0 Å². The number of aromatic nitrogens is 3. The fourth-order valence-electron chi connectivity index (χ4n) is 0.838. The maximum Gasteiger partial charge on any atom is 0.323 e. The molecule has 0 saturated carbocycles. The predicted octanol–water partition coefficient (Wildman–Crippen LogP) is 0.702. The van der Waals surface area contributed by atoms with Crippen molar-refractivity contribution < 1.29 is 19.4 Å². The average molecular weight is 259 g/mol. The molecule has 94 valence electrons. The number of nitrogens with zero attached hydrogens (tertiary/aromatic N) is 3. The maximum atomic E-state index is 10.7. The Morgan fingerprint density at radius 3 is 2.24 bits per heavy atom. The Morgan fingerprint density at radius 1 is 1.29 bits per heavy atom. The van der Waals surface area contributed by atoms with Crippen molar-refractivity contribution in [3.63, 3.8) is 0 Å². The molecule has 0 aliphatic rings. The smallest absolute Gasteiger partial charge is 0.323 e. The molecule has 0 radical (unpaired) electrons. The Balaban J connectivity index is 2.73. The van der Waals surface area contributed by atoms with Crippen LogP contribution in [0.1, 0.15) is 6.92 Å². The molecule has 0 saturated heterocycles. The number of rotatable bonds is 6. The maximum absolute atomic E-state index is 10.7. The zero-order valence-electron chi connectivity index (χ0n) is 9.71. The lowest BCUT2D eigenvalue weighted by molar-refractivity contribution is -0.140. The zero-order chi connectivity index (χ0) is 12.8. The number of thioether (sulfide) groups is 1. The van der Waals surface area contributed by atoms with Crippen molar-refractivity contribution in [2.75, 3.05) is 20.0 Å². The second kappa shape index (κ2) is 6.24. The first kappa shape index (κ1) is 13.5. The third kappa shape index (κ3) is 4.06. The van der Waals surface area contributed by atoms with E-state index in [4.69, 9.17) is 14.6 Å². The Morgan fingerprint density at radius 2 is 1.82 bits per heavy atom. The van der Waals surface area contributed by atoms with E-state index in [-0.39, 0.29) is 12.0 Å². The van der Waals surface area contributed by atoms with Crippen LogP contribution >= 0.6 is 11.8 Å². The lowest BCUT2D eigenvalue weighted by Gasteiger charge is -2.06. The van der Waals surface area contributed by atoms with Gasteiger partial charge in [0.15, 0.2) is 5.16 Å². The number of ether oxygens (including phenoxy) is 2. The number of methoxy groups -OCH3 is 2. The van der Waals surface area contributed by atoms with Gasteiger partial charge >= 0.3 is 18.0 Å². The van der Waals surface area contributed by atoms with Crippen molar-refractivity contribution in [1.29, 1.82) is 0 Å². The lowest BCUT2D eigenvalue weighted by Crippen LogP contribution is -2.12. The molecular formula is C9H13N3O4S. The molecule has 0 amide bonds. The number of aliphatic carboxylic acids is 1. The largest absolute Gasteiger partial charge is 0.481 e. The molecule has 1 atom stereocenters. The quantitative estimate of drug-likeness (QED) is 0.746. The molecule has 1 aromatic rings. The fraction of sp³-hybridized carbons (Fsp3) is 0.556. The third-order valence-electron chi connectivity index (χ3n) is 1.82. The van der Waals surface area contributed by atoms with Gasteiger partial charge < -0.3 is 14.6 Å². The van der Waals surface area contributed by atoms with Crippen molar-refractivity contribution in [3.05, 3.63) is 0 Å². The Kier molecular flexibility index (Phi) is 4.95. The third-order valence-corrected chi connectivity index (χ3v) is 2.93. The SMILES string of the molecule is COc1nc(OC)nc(SCC(C)C(=O)O)n1. The summed E-state index contributed by atoms with van der Waals surface area (Å²) in [6.07, 6.45) is 0. The molecule has 0 spiro atoms. The molecule has 1 unspecified atom stereocenters. The van der Waals surface area contributed by atoms with E-state index < -0.39 is 11.9 Å². The van der Waals surface area contributed by atoms with Gasteiger partial charge in [-0.1, -0.05) is 18.7 Å². The molecule has 0 aromatic carbocycles. The fourth-order valence-corrected chi connectivity index (χ4v) is 1.67. The van der Waals surface area contributed by atoms with Crippen molar-refractivity contribution in [2.24, 2.45) is 5.92 Å². The molecule has 1 heterocycles. The van der Waals surface area contributed by atoms with Crippen molar-refractivity contribution in [3.8, 4) is 12.0 Å². The van der Waals surface area contributed by atoms with E-state index in [1.54, 1.807) is 6.92 Å². The molecule has 1 N–H and O–H groups in total. The van der Waals surface area contributed by atoms with Crippen molar-refractivity contribution in [2.45, 2.75) is 12.1 Å². The molecule has 0 bridgehead atoms. The average Bonchev–Trinajstić information content (AvgIpc) is 2.35. The van der Waals surface area contributed by atoms with Crippen molar-refractivity contribution in [1.82, 2.24) is 15.0 Å². The van der Waals surface area contributed by atoms with Crippen LogP contribution in [0.5, 0.6) is 12.0 Å². The second-order valence-corrected chi connectivity index (χ2v) is 4.13. The highest BCUT2D eigenvalue weighted by atomic mass is 32.2. The summed E-state index contributed by atoms with van der Waals surface area (Å²) < 4.78 is 9.76. The van der Waals surface area contributed by atoms with E-state index in [0.717, 1.165) is 0 Å². The van der Waals surface area contributed by atoms with Gasteiger partial charge in [-0.25, -0.2) is 0 Å². The Hall–Kier alpha value is -1.57. The second-order valence-electron chi connectivity index (χ2n) is 3.14. The normalized spacial score (nSPS) is 11.9. The van der Waals surface area contributed by atoms with E-state index in [1.807, 2.05) is 0 Å². The summed E-state index contributed by atoms with van der Waals surface area (Å²) in [6, 6.07) is 0.282. The van der Waals surface area contributed by atoms with Crippen LogP contribution in [0.25, 0.3) is 0 Å². The van der Waals surface area contributed by atoms with Crippen LogP contribution in [0.4, 0.5) is 0 Å². The van der Waals surface area contributed by atoms with E-state index in [1.165, 1.54) is 26.0 Å². The van der Waals surface area contributed by atoms with Gasteiger partial charge in [0.25, 0.3) is 0 Å². The zero-order valence-corrected chi connectivity index (χ0v) is 10.5. The predicted molar refractivity (Wildman–Crippen MR) is 60.5 cm³/mol. The molecule has 1 aromatic heterocycles. The standard InChI is InChI=1S/C9H13N3O4S/c1-5(6(13)14)4-17-9-11-7(15-2)10-8(12-9)16-3/h5H,4H2,1-3H3,(H,13,14). The minimum absolute atomic E-state index is 0.141. The van der Waals surface area contributed by atoms with Crippen LogP contribution in [0.15, 0.2) is 5.16 Å². The van der Waals surface area contributed by atoms with Crippen LogP contribution in [-0.4, -0.2) is 46.0 Å². The van der Waals surface area contributed by atoms with Gasteiger partial charge in [0.1, 0.15) is 0 Å². The molecule has 17 heavy (non-hydrogen) atoms. The van der Waals surface area contributed by atoms with Crippen LogP contribution in [0, 0.1) is 5.92 Å². The summed E-state index contributed by atoms with van der Waals surface area (Å²) in [5.74, 6) is -0.967.